The van der Waals surface area contributed by atoms with E-state index in [0.29, 0.717) is 12.5 Å². The average molecular weight is 225 g/mol. The Morgan fingerprint density at radius 3 is 2.31 bits per heavy atom. The van der Waals surface area contributed by atoms with E-state index >= 15 is 0 Å². The Kier molecular flexibility index (Phi) is 7.36. The molecular weight excluding hydrogens is 198 g/mol. The summed E-state index contributed by atoms with van der Waals surface area (Å²) in [4.78, 5) is 2.37. The zero-order chi connectivity index (χ0) is 12.6. The lowest BCUT2D eigenvalue weighted by Gasteiger charge is -2.26. The minimum Gasteiger partial charge on any atom is -0.312 e. The van der Waals surface area contributed by atoms with E-state index in [1.54, 1.807) is 0 Å². The molecule has 0 aliphatic carbocycles. The van der Waals surface area contributed by atoms with E-state index in [9.17, 15) is 0 Å². The zero-order valence-corrected chi connectivity index (χ0v) is 11.5. The summed E-state index contributed by atoms with van der Waals surface area (Å²) in [5, 5.41) is 12.1. The molecule has 0 bridgehead atoms. The van der Waals surface area contributed by atoms with Crippen molar-refractivity contribution in [2.45, 2.75) is 59.0 Å². The number of rotatable bonds is 7. The maximum Gasteiger partial charge on any atom is 0.0635 e. The minimum atomic E-state index is 0.204. The molecule has 0 aliphatic rings. The van der Waals surface area contributed by atoms with Crippen LogP contribution in [0.25, 0.3) is 0 Å². The van der Waals surface area contributed by atoms with E-state index in [0.717, 1.165) is 26.1 Å². The molecule has 0 fully saturated rings. The molecule has 0 rings (SSSR count). The van der Waals surface area contributed by atoms with Crippen LogP contribution in [-0.4, -0.2) is 36.1 Å². The molecule has 16 heavy (non-hydrogen) atoms. The molecule has 3 heteroatoms. The molecule has 0 aromatic heterocycles. The van der Waals surface area contributed by atoms with Crippen LogP contribution in [0.5, 0.6) is 0 Å². The van der Waals surface area contributed by atoms with E-state index in [1.165, 1.54) is 0 Å². The van der Waals surface area contributed by atoms with Gasteiger partial charge in [-0.3, -0.25) is 4.90 Å². The number of nitriles is 1. The van der Waals surface area contributed by atoms with E-state index < -0.39 is 0 Å². The van der Waals surface area contributed by atoms with Gasteiger partial charge in [-0.2, -0.15) is 5.26 Å². The maximum absolute atomic E-state index is 8.59. The highest BCUT2D eigenvalue weighted by molar-refractivity contribution is 4.75. The molecule has 0 saturated heterocycles. The number of nitrogens with one attached hydrogen (secondary N) is 1. The quantitative estimate of drug-likeness (QED) is 0.676. The highest BCUT2D eigenvalue weighted by Crippen LogP contribution is 2.02. The lowest BCUT2D eigenvalue weighted by atomic mass is 10.1. The second kappa shape index (κ2) is 7.65. The number of nitrogens with zero attached hydrogens (tertiary/aromatic N) is 2. The molecule has 0 saturated carbocycles. The van der Waals surface area contributed by atoms with Crippen molar-refractivity contribution in [2.75, 3.05) is 19.6 Å². The normalized spacial score (nSPS) is 12.1. The Morgan fingerprint density at radius 1 is 1.25 bits per heavy atom. The lowest BCUT2D eigenvalue weighted by Crippen LogP contribution is -2.39. The van der Waals surface area contributed by atoms with Crippen LogP contribution < -0.4 is 5.32 Å². The lowest BCUT2D eigenvalue weighted by molar-refractivity contribution is 0.220. The van der Waals surface area contributed by atoms with Crippen LogP contribution in [0.1, 0.15) is 47.5 Å². The van der Waals surface area contributed by atoms with Gasteiger partial charge in [0.05, 0.1) is 6.07 Å². The molecule has 0 atom stereocenters. The Labute approximate surface area is 101 Å². The fourth-order valence-corrected chi connectivity index (χ4v) is 1.57. The van der Waals surface area contributed by atoms with Crippen LogP contribution in [0.4, 0.5) is 0 Å². The van der Waals surface area contributed by atoms with Gasteiger partial charge < -0.3 is 5.32 Å². The van der Waals surface area contributed by atoms with Gasteiger partial charge in [0.25, 0.3) is 0 Å². The van der Waals surface area contributed by atoms with E-state index in [1.807, 2.05) is 0 Å². The fourth-order valence-electron chi connectivity index (χ4n) is 1.57. The first-order valence-electron chi connectivity index (χ1n) is 6.23. The Morgan fingerprint density at radius 2 is 1.88 bits per heavy atom. The molecule has 0 heterocycles. The molecule has 0 radical (unpaired) electrons. The Hall–Kier alpha value is -0.590. The molecule has 1 N–H and O–H groups in total. The highest BCUT2D eigenvalue weighted by atomic mass is 15.1. The molecule has 3 nitrogen and oxygen atoms in total. The maximum atomic E-state index is 8.59. The molecular formula is C13H27N3. The van der Waals surface area contributed by atoms with Gasteiger partial charge in [-0.15, -0.1) is 0 Å². The first-order valence-corrected chi connectivity index (χ1v) is 6.23. The van der Waals surface area contributed by atoms with Gasteiger partial charge in [0.15, 0.2) is 0 Å². The first kappa shape index (κ1) is 15.4. The largest absolute Gasteiger partial charge is 0.312 e. The van der Waals surface area contributed by atoms with Gasteiger partial charge >= 0.3 is 0 Å². The molecule has 0 aliphatic heterocycles. The SMILES string of the molecule is CC(C)N(CCC#N)CCCNC(C)(C)C. The van der Waals surface area contributed by atoms with Gasteiger partial charge in [0.1, 0.15) is 0 Å². The van der Waals surface area contributed by atoms with Crippen molar-refractivity contribution in [1.29, 1.82) is 5.26 Å². The van der Waals surface area contributed by atoms with Crippen molar-refractivity contribution in [3.63, 3.8) is 0 Å². The third-order valence-corrected chi connectivity index (χ3v) is 2.52. The summed E-state index contributed by atoms with van der Waals surface area (Å²) < 4.78 is 0. The topological polar surface area (TPSA) is 39.1 Å². The van der Waals surface area contributed by atoms with Crippen molar-refractivity contribution in [1.82, 2.24) is 10.2 Å². The second-order valence-corrected chi connectivity index (χ2v) is 5.57. The minimum absolute atomic E-state index is 0.204. The summed E-state index contributed by atoms with van der Waals surface area (Å²) in [5.74, 6) is 0. The summed E-state index contributed by atoms with van der Waals surface area (Å²) >= 11 is 0. The summed E-state index contributed by atoms with van der Waals surface area (Å²) in [6, 6.07) is 2.74. The standard InChI is InChI=1S/C13H27N3/c1-12(2)16(10-6-8-14)11-7-9-15-13(3,4)5/h12,15H,6-7,9-11H2,1-5H3. The van der Waals surface area contributed by atoms with Gasteiger partial charge in [-0.05, 0) is 54.1 Å². The van der Waals surface area contributed by atoms with Gasteiger partial charge in [-0.25, -0.2) is 0 Å². The summed E-state index contributed by atoms with van der Waals surface area (Å²) in [5.41, 5.74) is 0.204. The molecule has 0 unspecified atom stereocenters. The molecule has 0 spiro atoms. The van der Waals surface area contributed by atoms with Crippen LogP contribution in [0.15, 0.2) is 0 Å². The van der Waals surface area contributed by atoms with Crippen LogP contribution in [0.3, 0.4) is 0 Å². The van der Waals surface area contributed by atoms with Crippen LogP contribution in [-0.2, 0) is 0 Å². The average Bonchev–Trinajstić information content (AvgIpc) is 2.14. The van der Waals surface area contributed by atoms with Crippen LogP contribution in [0, 0.1) is 11.3 Å². The Balaban J connectivity index is 3.73. The predicted molar refractivity (Wildman–Crippen MR) is 69.3 cm³/mol. The van der Waals surface area contributed by atoms with Crippen molar-refractivity contribution < 1.29 is 0 Å². The molecule has 0 amide bonds. The van der Waals surface area contributed by atoms with Crippen molar-refractivity contribution >= 4 is 0 Å². The fraction of sp³-hybridized carbons (Fsp3) is 0.923. The third kappa shape index (κ3) is 8.70. The molecule has 0 aromatic rings. The summed E-state index contributed by atoms with van der Waals surface area (Å²) in [6.07, 6.45) is 1.77. The van der Waals surface area contributed by atoms with E-state index in [4.69, 9.17) is 5.26 Å². The van der Waals surface area contributed by atoms with Gasteiger partial charge in [0, 0.05) is 24.5 Å². The van der Waals surface area contributed by atoms with E-state index in [-0.39, 0.29) is 5.54 Å². The number of hydrogen-bond donors (Lipinski definition) is 1. The summed E-state index contributed by atoms with van der Waals surface area (Å²) in [6.45, 7) is 13.9. The Bertz CT molecular complexity index is 210. The van der Waals surface area contributed by atoms with Crippen molar-refractivity contribution in [3.05, 3.63) is 0 Å². The predicted octanol–water partition coefficient (Wildman–Crippen LogP) is 2.39. The molecule has 0 aromatic carbocycles. The monoisotopic (exact) mass is 225 g/mol. The van der Waals surface area contributed by atoms with Gasteiger partial charge in [-0.1, -0.05) is 0 Å². The van der Waals surface area contributed by atoms with Gasteiger partial charge in [0.2, 0.25) is 0 Å². The molecule has 94 valence electrons. The van der Waals surface area contributed by atoms with Crippen LogP contribution >= 0.6 is 0 Å². The van der Waals surface area contributed by atoms with E-state index in [2.05, 4.69) is 50.9 Å². The van der Waals surface area contributed by atoms with Crippen molar-refractivity contribution in [3.8, 4) is 6.07 Å². The first-order chi connectivity index (χ1) is 7.37. The zero-order valence-electron chi connectivity index (χ0n) is 11.5. The van der Waals surface area contributed by atoms with Crippen LogP contribution in [0.2, 0.25) is 0 Å². The highest BCUT2D eigenvalue weighted by Gasteiger charge is 2.10. The summed E-state index contributed by atoms with van der Waals surface area (Å²) in [7, 11) is 0. The van der Waals surface area contributed by atoms with Crippen molar-refractivity contribution in [2.24, 2.45) is 0 Å². The number of hydrogen-bond acceptors (Lipinski definition) is 3. The third-order valence-electron chi connectivity index (χ3n) is 2.52. The smallest absolute Gasteiger partial charge is 0.0635 e. The second-order valence-electron chi connectivity index (χ2n) is 5.57.